The van der Waals surface area contributed by atoms with Gasteiger partial charge in [0.2, 0.25) is 0 Å². The van der Waals surface area contributed by atoms with Crippen molar-refractivity contribution in [3.8, 4) is 0 Å². The number of aliphatic imine (C=N–C) groups is 1. The van der Waals surface area contributed by atoms with Gasteiger partial charge in [-0.05, 0) is 89.3 Å². The molecule has 5 nitrogen and oxygen atoms in total. The monoisotopic (exact) mass is 419 g/mol. The van der Waals surface area contributed by atoms with E-state index in [2.05, 4.69) is 59.7 Å². The molecule has 2 aliphatic rings. The Bertz CT molecular complexity index is 664. The minimum atomic E-state index is 0.393. The number of piperidine rings is 2. The van der Waals surface area contributed by atoms with E-state index in [4.69, 9.17) is 16.6 Å². The summed E-state index contributed by atoms with van der Waals surface area (Å²) in [5.74, 6) is 2.17. The molecule has 3 unspecified atom stereocenters. The fourth-order valence-electron chi connectivity index (χ4n) is 4.90. The van der Waals surface area contributed by atoms with Crippen molar-refractivity contribution in [2.75, 3.05) is 53.4 Å². The summed E-state index contributed by atoms with van der Waals surface area (Å²) < 4.78 is 0. The van der Waals surface area contributed by atoms with Gasteiger partial charge in [0, 0.05) is 37.2 Å². The largest absolute Gasteiger partial charge is 0.357 e. The van der Waals surface area contributed by atoms with Crippen molar-refractivity contribution in [3.05, 3.63) is 34.9 Å². The molecule has 0 aromatic heterocycles. The molecule has 162 valence electrons. The zero-order chi connectivity index (χ0) is 20.6. The van der Waals surface area contributed by atoms with Gasteiger partial charge in [-0.15, -0.1) is 0 Å². The Hall–Kier alpha value is -1.30. The molecule has 1 aromatic carbocycles. The SMILES string of the molecule is CCNC(=NCC1CCCN(C)C1)NCC1CCCN(C)C1c1cccc(Cl)c1. The highest BCUT2D eigenvalue weighted by Crippen LogP contribution is 2.35. The van der Waals surface area contributed by atoms with Crippen LogP contribution in [0.5, 0.6) is 0 Å². The second kappa shape index (κ2) is 11.2. The third-order valence-corrected chi connectivity index (χ3v) is 6.54. The molecule has 6 heteroatoms. The summed E-state index contributed by atoms with van der Waals surface area (Å²) in [5.41, 5.74) is 1.32. The lowest BCUT2D eigenvalue weighted by atomic mass is 9.85. The van der Waals surface area contributed by atoms with Gasteiger partial charge in [0.15, 0.2) is 5.96 Å². The average Bonchev–Trinajstić information content (AvgIpc) is 2.70. The van der Waals surface area contributed by atoms with Crippen molar-refractivity contribution < 1.29 is 0 Å². The van der Waals surface area contributed by atoms with Crippen LogP contribution in [0.1, 0.15) is 44.2 Å². The Balaban J connectivity index is 1.62. The second-order valence-corrected chi connectivity index (χ2v) is 9.19. The minimum Gasteiger partial charge on any atom is -0.357 e. The maximum Gasteiger partial charge on any atom is 0.191 e. The van der Waals surface area contributed by atoms with Gasteiger partial charge in [-0.2, -0.15) is 0 Å². The topological polar surface area (TPSA) is 42.9 Å². The van der Waals surface area contributed by atoms with E-state index in [0.717, 1.165) is 43.7 Å². The maximum absolute atomic E-state index is 6.29. The van der Waals surface area contributed by atoms with Crippen molar-refractivity contribution in [2.24, 2.45) is 16.8 Å². The molecule has 2 fully saturated rings. The Morgan fingerprint density at radius 3 is 2.76 bits per heavy atom. The molecule has 3 atom stereocenters. The molecule has 0 radical (unpaired) electrons. The van der Waals surface area contributed by atoms with Crippen molar-refractivity contribution in [2.45, 2.75) is 38.6 Å². The highest BCUT2D eigenvalue weighted by Gasteiger charge is 2.30. The molecule has 1 aromatic rings. The first-order valence-corrected chi connectivity index (χ1v) is 11.6. The number of nitrogens with zero attached hydrogens (tertiary/aromatic N) is 3. The molecule has 2 N–H and O–H groups in total. The van der Waals surface area contributed by atoms with Gasteiger partial charge in [0.1, 0.15) is 0 Å². The van der Waals surface area contributed by atoms with Crippen LogP contribution in [-0.4, -0.2) is 69.1 Å². The van der Waals surface area contributed by atoms with Crippen molar-refractivity contribution >= 4 is 17.6 Å². The molecule has 0 amide bonds. The lowest BCUT2D eigenvalue weighted by Crippen LogP contribution is -2.45. The number of nitrogens with one attached hydrogen (secondary N) is 2. The van der Waals surface area contributed by atoms with E-state index in [-0.39, 0.29) is 0 Å². The molecule has 2 aliphatic heterocycles. The van der Waals surface area contributed by atoms with Crippen LogP contribution in [0.15, 0.2) is 29.3 Å². The van der Waals surface area contributed by atoms with E-state index in [1.54, 1.807) is 0 Å². The second-order valence-electron chi connectivity index (χ2n) is 8.75. The lowest BCUT2D eigenvalue weighted by Gasteiger charge is -2.40. The molecular weight excluding hydrogens is 382 g/mol. The molecule has 0 spiro atoms. The summed E-state index contributed by atoms with van der Waals surface area (Å²) in [6.45, 7) is 8.37. The average molecular weight is 420 g/mol. The van der Waals surface area contributed by atoms with Gasteiger partial charge in [-0.3, -0.25) is 9.89 Å². The number of benzene rings is 1. The van der Waals surface area contributed by atoms with Gasteiger partial charge >= 0.3 is 0 Å². The molecule has 3 rings (SSSR count). The first-order valence-electron chi connectivity index (χ1n) is 11.2. The van der Waals surface area contributed by atoms with E-state index < -0.39 is 0 Å². The Morgan fingerprint density at radius 1 is 1.17 bits per heavy atom. The molecule has 29 heavy (non-hydrogen) atoms. The zero-order valence-electron chi connectivity index (χ0n) is 18.3. The van der Waals surface area contributed by atoms with E-state index in [1.807, 2.05) is 6.07 Å². The fraction of sp³-hybridized carbons (Fsp3) is 0.696. The zero-order valence-corrected chi connectivity index (χ0v) is 19.1. The van der Waals surface area contributed by atoms with Gasteiger partial charge < -0.3 is 15.5 Å². The third-order valence-electron chi connectivity index (χ3n) is 6.30. The van der Waals surface area contributed by atoms with E-state index in [9.17, 15) is 0 Å². The van der Waals surface area contributed by atoms with Crippen molar-refractivity contribution in [3.63, 3.8) is 0 Å². The van der Waals surface area contributed by atoms with Gasteiger partial charge in [0.05, 0.1) is 0 Å². The molecule has 2 heterocycles. The number of halogens is 1. The van der Waals surface area contributed by atoms with Crippen molar-refractivity contribution in [1.82, 2.24) is 20.4 Å². The summed E-state index contributed by atoms with van der Waals surface area (Å²) in [4.78, 5) is 9.82. The predicted molar refractivity (Wildman–Crippen MR) is 124 cm³/mol. The number of guanidine groups is 1. The minimum absolute atomic E-state index is 0.393. The number of hydrogen-bond donors (Lipinski definition) is 2. The van der Waals surface area contributed by atoms with Crippen LogP contribution in [0.2, 0.25) is 5.02 Å². The van der Waals surface area contributed by atoms with Gasteiger partial charge in [-0.1, -0.05) is 23.7 Å². The molecule has 2 saturated heterocycles. The van der Waals surface area contributed by atoms with Gasteiger partial charge in [0.25, 0.3) is 0 Å². The highest BCUT2D eigenvalue weighted by atomic mass is 35.5. The summed E-state index contributed by atoms with van der Waals surface area (Å²) in [6.07, 6.45) is 5.04. The Labute approximate surface area is 181 Å². The fourth-order valence-corrected chi connectivity index (χ4v) is 5.10. The van der Waals surface area contributed by atoms with Crippen LogP contribution < -0.4 is 10.6 Å². The van der Waals surface area contributed by atoms with Crippen LogP contribution in [0.4, 0.5) is 0 Å². The van der Waals surface area contributed by atoms with Crippen LogP contribution in [0.3, 0.4) is 0 Å². The first kappa shape index (κ1) is 22.4. The molecular formula is C23H38ClN5. The maximum atomic E-state index is 6.29. The number of likely N-dealkylation sites (tertiary alicyclic amines) is 2. The van der Waals surface area contributed by atoms with Gasteiger partial charge in [-0.25, -0.2) is 0 Å². The van der Waals surface area contributed by atoms with E-state index in [1.165, 1.54) is 37.8 Å². The van der Waals surface area contributed by atoms with Crippen molar-refractivity contribution in [1.29, 1.82) is 0 Å². The highest BCUT2D eigenvalue weighted by molar-refractivity contribution is 6.30. The standard InChI is InChI=1S/C23H38ClN5/c1-4-25-23(26-15-18-8-6-12-28(2)17-18)27-16-20-10-7-13-29(3)22(20)19-9-5-11-21(24)14-19/h5,9,11,14,18,20,22H,4,6-8,10,12-13,15-17H2,1-3H3,(H2,25,26,27). The van der Waals surface area contributed by atoms with Crippen LogP contribution in [-0.2, 0) is 0 Å². The predicted octanol–water partition coefficient (Wildman–Crippen LogP) is 3.62. The summed E-state index contributed by atoms with van der Waals surface area (Å²) in [5, 5.41) is 7.90. The Kier molecular flexibility index (Phi) is 8.64. The summed E-state index contributed by atoms with van der Waals surface area (Å²) in [7, 11) is 4.45. The molecule has 0 saturated carbocycles. The number of hydrogen-bond acceptors (Lipinski definition) is 3. The normalized spacial score (nSPS) is 27.0. The van der Waals surface area contributed by atoms with Crippen LogP contribution in [0, 0.1) is 11.8 Å². The van der Waals surface area contributed by atoms with E-state index >= 15 is 0 Å². The number of rotatable bonds is 6. The molecule has 0 aliphatic carbocycles. The summed E-state index contributed by atoms with van der Waals surface area (Å²) >= 11 is 6.29. The Morgan fingerprint density at radius 2 is 2.00 bits per heavy atom. The quantitative estimate of drug-likeness (QED) is 0.546. The third kappa shape index (κ3) is 6.59. The lowest BCUT2D eigenvalue weighted by molar-refractivity contribution is 0.122. The van der Waals surface area contributed by atoms with Crippen LogP contribution >= 0.6 is 11.6 Å². The summed E-state index contributed by atoms with van der Waals surface area (Å²) in [6, 6.07) is 8.76. The van der Waals surface area contributed by atoms with E-state index in [0.29, 0.717) is 17.9 Å². The van der Waals surface area contributed by atoms with Crippen LogP contribution in [0.25, 0.3) is 0 Å². The molecule has 0 bridgehead atoms. The first-order chi connectivity index (χ1) is 14.1. The smallest absolute Gasteiger partial charge is 0.191 e.